The number of likely N-dealkylation sites (tertiary alicyclic amines) is 1. The van der Waals surface area contributed by atoms with Gasteiger partial charge < -0.3 is 24.6 Å². The van der Waals surface area contributed by atoms with Gasteiger partial charge in [0.25, 0.3) is 5.91 Å². The number of nitrogens with zero attached hydrogens (tertiary/aromatic N) is 5. The van der Waals surface area contributed by atoms with Crippen molar-refractivity contribution in [3.63, 3.8) is 0 Å². The third kappa shape index (κ3) is 5.28. The third-order valence-electron chi connectivity index (χ3n) is 7.53. The van der Waals surface area contributed by atoms with Crippen LogP contribution < -0.4 is 10.1 Å². The van der Waals surface area contributed by atoms with E-state index in [9.17, 15) is 9.90 Å². The molecule has 9 nitrogen and oxygen atoms in total. The van der Waals surface area contributed by atoms with Crippen molar-refractivity contribution in [1.29, 1.82) is 5.26 Å². The number of carbonyl (C=O) groups excluding carboxylic acids is 1. The normalized spacial score (nSPS) is 14.6. The van der Waals surface area contributed by atoms with Gasteiger partial charge in [-0.15, -0.1) is 0 Å². The number of amides is 1. The zero-order chi connectivity index (χ0) is 29.4. The number of benzene rings is 3. The maximum absolute atomic E-state index is 12.8. The van der Waals surface area contributed by atoms with Crippen molar-refractivity contribution in [2.24, 2.45) is 7.05 Å². The highest BCUT2D eigenvalue weighted by atomic mass is 16.5. The van der Waals surface area contributed by atoms with Crippen LogP contribution in [0.2, 0.25) is 0 Å². The first-order valence-electron chi connectivity index (χ1n) is 13.8. The van der Waals surface area contributed by atoms with E-state index in [0.29, 0.717) is 48.2 Å². The largest absolute Gasteiger partial charge is 0.436 e. The molecule has 1 aliphatic rings. The lowest BCUT2D eigenvalue weighted by atomic mass is 9.98. The molecule has 3 aromatic carbocycles. The van der Waals surface area contributed by atoms with Crippen LogP contribution in [0.25, 0.3) is 22.2 Å². The molecule has 1 unspecified atom stereocenters. The molecule has 1 amide bonds. The van der Waals surface area contributed by atoms with Crippen LogP contribution in [-0.2, 0) is 7.05 Å². The Morgan fingerprint density at radius 3 is 2.38 bits per heavy atom. The van der Waals surface area contributed by atoms with Crippen LogP contribution in [0.4, 0.5) is 11.6 Å². The van der Waals surface area contributed by atoms with E-state index in [2.05, 4.69) is 28.5 Å². The topological polar surface area (TPSA) is 116 Å². The number of hydrogen-bond acceptors (Lipinski definition) is 7. The lowest BCUT2D eigenvalue weighted by Gasteiger charge is -2.17. The van der Waals surface area contributed by atoms with Crippen molar-refractivity contribution in [3.8, 4) is 28.8 Å². The molecule has 1 atom stereocenters. The molecule has 1 aliphatic heterocycles. The zero-order valence-electron chi connectivity index (χ0n) is 23.6. The SMILES string of the molecule is Cc1cc(-c2ccc(C(=O)N3CCC(O)C3)cc2)cc(C)c1Oc1nc(Nc2ccc(C#N)cc2)nc2ccn(C)c12. The Hall–Kier alpha value is -5.20. The monoisotopic (exact) mass is 558 g/mol. The summed E-state index contributed by atoms with van der Waals surface area (Å²) in [6.45, 7) is 4.97. The number of aliphatic hydroxyl groups is 1. The molecule has 3 heterocycles. The van der Waals surface area contributed by atoms with Gasteiger partial charge in [-0.05, 0) is 97.1 Å². The molecule has 5 aromatic rings. The Kier molecular flexibility index (Phi) is 7.07. The maximum Gasteiger partial charge on any atom is 0.253 e. The molecule has 1 fully saturated rings. The number of aliphatic hydroxyl groups excluding tert-OH is 1. The number of anilines is 2. The van der Waals surface area contributed by atoms with Crippen molar-refractivity contribution in [3.05, 3.63) is 95.2 Å². The molecular formula is C33H30N6O3. The molecule has 42 heavy (non-hydrogen) atoms. The molecule has 6 rings (SSSR count). The molecule has 2 aromatic heterocycles. The predicted octanol–water partition coefficient (Wildman–Crippen LogP) is 5.87. The fraction of sp³-hybridized carbons (Fsp3) is 0.212. The lowest BCUT2D eigenvalue weighted by Crippen LogP contribution is -2.29. The molecule has 0 radical (unpaired) electrons. The first kappa shape index (κ1) is 27.0. The van der Waals surface area contributed by atoms with Crippen LogP contribution in [0.15, 0.2) is 72.9 Å². The van der Waals surface area contributed by atoms with E-state index < -0.39 is 6.10 Å². The molecule has 210 valence electrons. The van der Waals surface area contributed by atoms with Gasteiger partial charge in [0.15, 0.2) is 0 Å². The number of fused-ring (bicyclic) bond motifs is 1. The average molecular weight is 559 g/mol. The summed E-state index contributed by atoms with van der Waals surface area (Å²) in [4.78, 5) is 23.9. The standard InChI is InChI=1S/C33H30N6O3/c1-20-16-25(23-6-8-24(9-7-23)32(41)39-15-12-27(40)19-39)17-21(2)30(20)42-31-29-28(13-14-38(29)3)36-33(37-31)35-26-10-4-22(18-34)5-11-26/h4-11,13-14,16-17,27,40H,12,15,19H2,1-3H3,(H,35,36,37). The van der Waals surface area contributed by atoms with Gasteiger partial charge in [-0.25, -0.2) is 4.98 Å². The van der Waals surface area contributed by atoms with Gasteiger partial charge in [-0.2, -0.15) is 10.2 Å². The Labute approximate surface area is 243 Å². The summed E-state index contributed by atoms with van der Waals surface area (Å²) in [7, 11) is 1.93. The summed E-state index contributed by atoms with van der Waals surface area (Å²) >= 11 is 0. The van der Waals surface area contributed by atoms with E-state index in [0.717, 1.165) is 39.0 Å². The molecular weight excluding hydrogens is 528 g/mol. The van der Waals surface area contributed by atoms with Crippen molar-refractivity contribution in [2.45, 2.75) is 26.4 Å². The Morgan fingerprint density at radius 2 is 1.74 bits per heavy atom. The smallest absolute Gasteiger partial charge is 0.253 e. The predicted molar refractivity (Wildman–Crippen MR) is 161 cm³/mol. The molecule has 1 saturated heterocycles. The molecule has 0 bridgehead atoms. The summed E-state index contributed by atoms with van der Waals surface area (Å²) in [6.07, 6.45) is 2.10. The van der Waals surface area contributed by atoms with Crippen LogP contribution in [0.5, 0.6) is 11.6 Å². The van der Waals surface area contributed by atoms with Gasteiger partial charge in [-0.3, -0.25) is 4.79 Å². The van der Waals surface area contributed by atoms with E-state index in [-0.39, 0.29) is 5.91 Å². The van der Waals surface area contributed by atoms with E-state index in [4.69, 9.17) is 15.0 Å². The first-order chi connectivity index (χ1) is 20.3. The van der Waals surface area contributed by atoms with Crippen molar-refractivity contribution in [1.82, 2.24) is 19.4 Å². The molecule has 0 spiro atoms. The molecule has 9 heteroatoms. The number of rotatable bonds is 6. The van der Waals surface area contributed by atoms with Crippen molar-refractivity contribution in [2.75, 3.05) is 18.4 Å². The van der Waals surface area contributed by atoms with E-state index in [1.165, 1.54) is 0 Å². The number of β-amino-alcohol motifs (C(OH)–C–C–N with tert-alkyl or cyclic N) is 1. The number of aromatic nitrogens is 3. The number of ether oxygens (including phenoxy) is 1. The highest BCUT2D eigenvalue weighted by Crippen LogP contribution is 2.36. The van der Waals surface area contributed by atoms with Gasteiger partial charge in [0.1, 0.15) is 11.3 Å². The zero-order valence-corrected chi connectivity index (χ0v) is 23.6. The minimum atomic E-state index is -0.439. The summed E-state index contributed by atoms with van der Waals surface area (Å²) in [5.41, 5.74) is 7.36. The minimum absolute atomic E-state index is 0.0564. The first-order valence-corrected chi connectivity index (χ1v) is 13.8. The number of hydrogen-bond donors (Lipinski definition) is 2. The summed E-state index contributed by atoms with van der Waals surface area (Å²) in [6, 6.07) is 22.8. The Bertz CT molecular complexity index is 1810. The van der Waals surface area contributed by atoms with Gasteiger partial charge >= 0.3 is 0 Å². The van der Waals surface area contributed by atoms with E-state index >= 15 is 0 Å². The maximum atomic E-state index is 12.8. The van der Waals surface area contributed by atoms with E-state index in [1.807, 2.05) is 74.1 Å². The van der Waals surface area contributed by atoms with Gasteiger partial charge in [0, 0.05) is 37.6 Å². The lowest BCUT2D eigenvalue weighted by molar-refractivity contribution is 0.0765. The summed E-state index contributed by atoms with van der Waals surface area (Å²) in [5.74, 6) is 1.47. The second kappa shape index (κ2) is 11.0. The number of nitrogens with one attached hydrogen (secondary N) is 1. The highest BCUT2D eigenvalue weighted by Gasteiger charge is 2.25. The fourth-order valence-electron chi connectivity index (χ4n) is 5.33. The van der Waals surface area contributed by atoms with E-state index in [1.54, 1.807) is 17.0 Å². The third-order valence-corrected chi connectivity index (χ3v) is 7.53. The minimum Gasteiger partial charge on any atom is -0.436 e. The number of aryl methyl sites for hydroxylation is 3. The van der Waals surface area contributed by atoms with Crippen LogP contribution >= 0.6 is 0 Å². The molecule has 0 saturated carbocycles. The van der Waals surface area contributed by atoms with Crippen LogP contribution in [0.3, 0.4) is 0 Å². The number of nitriles is 1. The Morgan fingerprint density at radius 1 is 1.02 bits per heavy atom. The fourth-order valence-corrected chi connectivity index (χ4v) is 5.33. The van der Waals surface area contributed by atoms with Crippen LogP contribution in [-0.4, -0.2) is 49.6 Å². The Balaban J connectivity index is 1.27. The number of carbonyl (C=O) groups is 1. The quantitative estimate of drug-likeness (QED) is 0.268. The van der Waals surface area contributed by atoms with Gasteiger partial charge in [0.2, 0.25) is 11.8 Å². The molecule has 0 aliphatic carbocycles. The van der Waals surface area contributed by atoms with Crippen LogP contribution in [0, 0.1) is 25.2 Å². The summed E-state index contributed by atoms with van der Waals surface area (Å²) < 4.78 is 8.42. The van der Waals surface area contributed by atoms with Crippen molar-refractivity contribution < 1.29 is 14.6 Å². The summed E-state index contributed by atoms with van der Waals surface area (Å²) in [5, 5.41) is 22.1. The highest BCUT2D eigenvalue weighted by molar-refractivity contribution is 5.95. The van der Waals surface area contributed by atoms with Gasteiger partial charge in [0.05, 0.1) is 23.3 Å². The second-order valence-corrected chi connectivity index (χ2v) is 10.6. The second-order valence-electron chi connectivity index (χ2n) is 10.6. The van der Waals surface area contributed by atoms with Crippen LogP contribution in [0.1, 0.15) is 33.5 Å². The molecule has 2 N–H and O–H groups in total. The van der Waals surface area contributed by atoms with Crippen molar-refractivity contribution >= 4 is 28.6 Å². The average Bonchev–Trinajstić information content (AvgIpc) is 3.60. The van der Waals surface area contributed by atoms with Gasteiger partial charge in [-0.1, -0.05) is 12.1 Å².